The summed E-state index contributed by atoms with van der Waals surface area (Å²) < 4.78 is 6.76. The van der Waals surface area contributed by atoms with Crippen molar-refractivity contribution in [2.75, 3.05) is 20.3 Å². The van der Waals surface area contributed by atoms with Crippen LogP contribution in [0, 0.1) is 0 Å². The van der Waals surface area contributed by atoms with Crippen molar-refractivity contribution >= 4 is 16.8 Å². The van der Waals surface area contributed by atoms with Crippen LogP contribution in [0.15, 0.2) is 24.3 Å². The van der Waals surface area contributed by atoms with E-state index in [-0.39, 0.29) is 11.9 Å². The number of rotatable bonds is 7. The largest absolute Gasteiger partial charge is 0.383 e. The molecule has 0 saturated heterocycles. The maximum absolute atomic E-state index is 11.9. The summed E-state index contributed by atoms with van der Waals surface area (Å²) in [6.45, 7) is 3.44. The second kappa shape index (κ2) is 7.19. The molecule has 1 unspecified atom stereocenters. The number of aryl methyl sites for hydroxylation is 1. The third kappa shape index (κ3) is 3.80. The first-order chi connectivity index (χ1) is 10.1. The number of benzene rings is 1. The Morgan fingerprint density at radius 1 is 1.43 bits per heavy atom. The third-order valence-electron chi connectivity index (χ3n) is 3.41. The second-order valence-electron chi connectivity index (χ2n) is 4.97. The summed E-state index contributed by atoms with van der Waals surface area (Å²) in [5, 5.41) is 11.6. The summed E-state index contributed by atoms with van der Waals surface area (Å²) in [6.07, 6.45) is 0. The fourth-order valence-corrected chi connectivity index (χ4v) is 2.19. The number of carbonyl (C=O) groups excluding carboxylic acids is 1. The van der Waals surface area contributed by atoms with Crippen molar-refractivity contribution in [3.8, 4) is 0 Å². The molecule has 0 spiro atoms. The molecule has 2 N–H and O–H groups in total. The average molecular weight is 290 g/mol. The minimum Gasteiger partial charge on any atom is -0.383 e. The van der Waals surface area contributed by atoms with Gasteiger partial charge in [0, 0.05) is 32.6 Å². The van der Waals surface area contributed by atoms with Gasteiger partial charge in [-0.1, -0.05) is 18.2 Å². The van der Waals surface area contributed by atoms with Crippen LogP contribution < -0.4 is 10.6 Å². The fourth-order valence-electron chi connectivity index (χ4n) is 2.19. The lowest BCUT2D eigenvalue weighted by molar-refractivity contribution is -0.122. The number of ether oxygens (including phenoxy) is 1. The van der Waals surface area contributed by atoms with Gasteiger partial charge in [0.25, 0.3) is 0 Å². The van der Waals surface area contributed by atoms with E-state index in [1.54, 1.807) is 7.11 Å². The zero-order valence-electron chi connectivity index (χ0n) is 12.7. The predicted octanol–water partition coefficient (Wildman–Crippen LogP) is 0.814. The highest BCUT2D eigenvalue weighted by molar-refractivity contribution is 5.82. The number of amides is 1. The highest BCUT2D eigenvalue weighted by atomic mass is 16.5. The Morgan fingerprint density at radius 3 is 2.95 bits per heavy atom. The molecule has 0 aliphatic rings. The van der Waals surface area contributed by atoms with Gasteiger partial charge in [-0.2, -0.15) is 5.10 Å². The van der Waals surface area contributed by atoms with Gasteiger partial charge in [0.2, 0.25) is 5.91 Å². The smallest absolute Gasteiger partial charge is 0.236 e. The molecule has 2 rings (SSSR count). The van der Waals surface area contributed by atoms with Crippen LogP contribution in [0.2, 0.25) is 0 Å². The zero-order valence-corrected chi connectivity index (χ0v) is 12.7. The normalized spacial score (nSPS) is 12.5. The molecule has 21 heavy (non-hydrogen) atoms. The van der Waals surface area contributed by atoms with Gasteiger partial charge in [-0.3, -0.25) is 9.48 Å². The first-order valence-corrected chi connectivity index (χ1v) is 7.04. The van der Waals surface area contributed by atoms with E-state index in [1.165, 1.54) is 0 Å². The number of nitrogens with zero attached hydrogens (tertiary/aromatic N) is 2. The number of para-hydroxylation sites is 1. The SMILES string of the molecule is COCCNC(=O)C(C)NCc1nn(C)c2ccccc12. The Kier molecular flexibility index (Phi) is 5.30. The zero-order chi connectivity index (χ0) is 15.2. The van der Waals surface area contributed by atoms with Gasteiger partial charge in [0.1, 0.15) is 0 Å². The van der Waals surface area contributed by atoms with Crippen molar-refractivity contribution in [3.63, 3.8) is 0 Å². The summed E-state index contributed by atoms with van der Waals surface area (Å²) in [5.41, 5.74) is 2.04. The fraction of sp³-hybridized carbons (Fsp3) is 0.467. The number of carbonyl (C=O) groups is 1. The number of nitrogens with one attached hydrogen (secondary N) is 2. The molecule has 0 saturated carbocycles. The van der Waals surface area contributed by atoms with Crippen molar-refractivity contribution in [2.24, 2.45) is 7.05 Å². The van der Waals surface area contributed by atoms with Crippen molar-refractivity contribution in [3.05, 3.63) is 30.0 Å². The van der Waals surface area contributed by atoms with Gasteiger partial charge in [0.05, 0.1) is 23.9 Å². The molecule has 6 heteroatoms. The molecule has 0 aliphatic heterocycles. The molecule has 1 aromatic carbocycles. The highest BCUT2D eigenvalue weighted by Gasteiger charge is 2.13. The molecule has 0 radical (unpaired) electrons. The lowest BCUT2D eigenvalue weighted by atomic mass is 10.2. The van der Waals surface area contributed by atoms with Crippen LogP contribution in [0.1, 0.15) is 12.6 Å². The predicted molar refractivity (Wildman–Crippen MR) is 81.9 cm³/mol. The standard InChI is InChI=1S/C15H22N4O2/c1-11(15(20)16-8-9-21-3)17-10-13-12-6-4-5-7-14(12)19(2)18-13/h4-7,11,17H,8-10H2,1-3H3,(H,16,20). The molecule has 6 nitrogen and oxygen atoms in total. The molecule has 0 aliphatic carbocycles. The molecule has 1 amide bonds. The monoisotopic (exact) mass is 290 g/mol. The molecule has 2 aromatic rings. The minimum absolute atomic E-state index is 0.0349. The summed E-state index contributed by atoms with van der Waals surface area (Å²) in [5.74, 6) is -0.0349. The van der Waals surface area contributed by atoms with Crippen LogP contribution in [0.5, 0.6) is 0 Å². The van der Waals surface area contributed by atoms with E-state index in [4.69, 9.17) is 4.74 Å². The quantitative estimate of drug-likeness (QED) is 0.741. The second-order valence-corrected chi connectivity index (χ2v) is 4.97. The maximum Gasteiger partial charge on any atom is 0.236 e. The Labute approximate surface area is 124 Å². The lowest BCUT2D eigenvalue weighted by Gasteiger charge is -2.13. The van der Waals surface area contributed by atoms with E-state index >= 15 is 0 Å². The molecule has 1 heterocycles. The molecule has 0 bridgehead atoms. The van der Waals surface area contributed by atoms with Crippen molar-refractivity contribution in [1.82, 2.24) is 20.4 Å². The summed E-state index contributed by atoms with van der Waals surface area (Å²) in [6, 6.07) is 7.79. The summed E-state index contributed by atoms with van der Waals surface area (Å²) in [4.78, 5) is 11.9. The first-order valence-electron chi connectivity index (χ1n) is 7.04. The number of aromatic nitrogens is 2. The van der Waals surface area contributed by atoms with Crippen molar-refractivity contribution in [2.45, 2.75) is 19.5 Å². The van der Waals surface area contributed by atoms with Gasteiger partial charge >= 0.3 is 0 Å². The summed E-state index contributed by atoms with van der Waals surface area (Å²) >= 11 is 0. The van der Waals surface area contributed by atoms with Gasteiger partial charge in [-0.15, -0.1) is 0 Å². The van der Waals surface area contributed by atoms with Crippen LogP contribution in [0.25, 0.3) is 10.9 Å². The third-order valence-corrected chi connectivity index (χ3v) is 3.41. The molecule has 1 aromatic heterocycles. The molecular formula is C15H22N4O2. The van der Waals surface area contributed by atoms with Crippen molar-refractivity contribution in [1.29, 1.82) is 0 Å². The molecule has 0 fully saturated rings. The number of hydrogen-bond acceptors (Lipinski definition) is 4. The Bertz CT molecular complexity index is 609. The molecular weight excluding hydrogens is 268 g/mol. The average Bonchev–Trinajstić information content (AvgIpc) is 2.82. The topological polar surface area (TPSA) is 68.2 Å². The van der Waals surface area contributed by atoms with Crippen LogP contribution in [0.4, 0.5) is 0 Å². The Morgan fingerprint density at radius 2 is 2.19 bits per heavy atom. The first kappa shape index (κ1) is 15.5. The molecule has 1 atom stereocenters. The number of methoxy groups -OCH3 is 1. The Hall–Kier alpha value is -1.92. The van der Waals surface area contributed by atoms with E-state index in [0.717, 1.165) is 16.6 Å². The lowest BCUT2D eigenvalue weighted by Crippen LogP contribution is -2.42. The maximum atomic E-state index is 11.9. The van der Waals surface area contributed by atoms with Crippen LogP contribution in [0.3, 0.4) is 0 Å². The number of hydrogen-bond donors (Lipinski definition) is 2. The van der Waals surface area contributed by atoms with Crippen LogP contribution >= 0.6 is 0 Å². The van der Waals surface area contributed by atoms with E-state index < -0.39 is 0 Å². The van der Waals surface area contributed by atoms with E-state index in [0.29, 0.717) is 19.7 Å². The van der Waals surface area contributed by atoms with Gasteiger partial charge in [-0.05, 0) is 13.0 Å². The van der Waals surface area contributed by atoms with E-state index in [2.05, 4.69) is 15.7 Å². The van der Waals surface area contributed by atoms with Crippen LogP contribution in [-0.2, 0) is 23.1 Å². The van der Waals surface area contributed by atoms with Crippen LogP contribution in [-0.4, -0.2) is 42.0 Å². The van der Waals surface area contributed by atoms with Crippen molar-refractivity contribution < 1.29 is 9.53 Å². The van der Waals surface area contributed by atoms with Gasteiger partial charge < -0.3 is 15.4 Å². The van der Waals surface area contributed by atoms with Gasteiger partial charge in [-0.25, -0.2) is 0 Å². The highest BCUT2D eigenvalue weighted by Crippen LogP contribution is 2.17. The van der Waals surface area contributed by atoms with Gasteiger partial charge in [0.15, 0.2) is 0 Å². The van der Waals surface area contributed by atoms with E-state index in [1.807, 2.05) is 42.9 Å². The summed E-state index contributed by atoms with van der Waals surface area (Å²) in [7, 11) is 3.53. The molecule has 114 valence electrons. The Balaban J connectivity index is 1.94. The number of fused-ring (bicyclic) bond motifs is 1. The van der Waals surface area contributed by atoms with E-state index in [9.17, 15) is 4.79 Å². The minimum atomic E-state index is -0.275.